The Morgan fingerprint density at radius 3 is 3.08 bits per heavy atom. The summed E-state index contributed by atoms with van der Waals surface area (Å²) in [5.74, 6) is -0.897. The summed E-state index contributed by atoms with van der Waals surface area (Å²) < 4.78 is 0. The largest absolute Gasteiger partial charge is 0.480 e. The van der Waals surface area contributed by atoms with E-state index >= 15 is 0 Å². The molecule has 2 rings (SSSR count). The van der Waals surface area contributed by atoms with Crippen LogP contribution in [0, 0.1) is 0 Å². The van der Waals surface area contributed by atoms with Crippen LogP contribution in [0.5, 0.6) is 0 Å². The van der Waals surface area contributed by atoms with E-state index in [1.807, 2.05) is 0 Å². The molecule has 6 nitrogen and oxygen atoms in total. The Labute approximate surface area is 74.9 Å². The van der Waals surface area contributed by atoms with E-state index in [1.54, 1.807) is 4.90 Å². The Kier molecular flexibility index (Phi) is 1.84. The summed E-state index contributed by atoms with van der Waals surface area (Å²) in [6.45, 7) is 1.55. The van der Waals surface area contributed by atoms with Gasteiger partial charge in [-0.1, -0.05) is 0 Å². The first-order valence-electron chi connectivity index (χ1n) is 4.21. The van der Waals surface area contributed by atoms with Crippen molar-refractivity contribution in [2.45, 2.75) is 12.1 Å². The van der Waals surface area contributed by atoms with Crippen LogP contribution >= 0.6 is 0 Å². The van der Waals surface area contributed by atoms with Crippen LogP contribution in [0.15, 0.2) is 0 Å². The Hall–Kier alpha value is -1.30. The molecule has 0 aromatic heterocycles. The highest BCUT2D eigenvalue weighted by atomic mass is 16.4. The van der Waals surface area contributed by atoms with E-state index in [4.69, 9.17) is 5.11 Å². The molecule has 0 aliphatic carbocycles. The van der Waals surface area contributed by atoms with Gasteiger partial charge >= 0.3 is 12.0 Å². The van der Waals surface area contributed by atoms with Gasteiger partial charge < -0.3 is 20.6 Å². The highest BCUT2D eigenvalue weighted by Crippen LogP contribution is 2.14. The molecule has 13 heavy (non-hydrogen) atoms. The lowest BCUT2D eigenvalue weighted by molar-refractivity contribution is -0.141. The minimum atomic E-state index is -0.897. The Bertz CT molecular complexity index is 255. The van der Waals surface area contributed by atoms with Gasteiger partial charge in [0.25, 0.3) is 0 Å². The highest BCUT2D eigenvalue weighted by molar-refractivity contribution is 5.81. The van der Waals surface area contributed by atoms with Gasteiger partial charge in [-0.3, -0.25) is 4.79 Å². The minimum absolute atomic E-state index is 0.155. The third kappa shape index (κ3) is 1.23. The van der Waals surface area contributed by atoms with Crippen LogP contribution in [0.1, 0.15) is 0 Å². The number of carboxylic acids is 1. The summed E-state index contributed by atoms with van der Waals surface area (Å²) in [4.78, 5) is 23.5. The van der Waals surface area contributed by atoms with Gasteiger partial charge in [0, 0.05) is 19.6 Å². The fourth-order valence-corrected chi connectivity index (χ4v) is 1.85. The van der Waals surface area contributed by atoms with Gasteiger partial charge in [-0.25, -0.2) is 4.79 Å². The predicted octanol–water partition coefficient (Wildman–Crippen LogP) is -1.56. The molecule has 2 heterocycles. The smallest absolute Gasteiger partial charge is 0.322 e. The Morgan fingerprint density at radius 2 is 2.38 bits per heavy atom. The number of carbonyl (C=O) groups is 2. The molecule has 2 atom stereocenters. The third-order valence-corrected chi connectivity index (χ3v) is 2.49. The number of amides is 2. The zero-order valence-electron chi connectivity index (χ0n) is 6.99. The average molecular weight is 185 g/mol. The van der Waals surface area contributed by atoms with Crippen molar-refractivity contribution in [3.63, 3.8) is 0 Å². The zero-order chi connectivity index (χ0) is 9.42. The molecule has 0 spiro atoms. The number of rotatable bonds is 1. The lowest BCUT2D eigenvalue weighted by Crippen LogP contribution is -2.60. The van der Waals surface area contributed by atoms with Crippen LogP contribution in [0.2, 0.25) is 0 Å². The number of fused-ring (bicyclic) bond motifs is 1. The fraction of sp³-hybridized carbons (Fsp3) is 0.714. The second-order valence-electron chi connectivity index (χ2n) is 3.22. The summed E-state index contributed by atoms with van der Waals surface area (Å²) >= 11 is 0. The quantitative estimate of drug-likeness (QED) is 0.461. The van der Waals surface area contributed by atoms with Crippen LogP contribution < -0.4 is 10.6 Å². The first kappa shape index (κ1) is 8.31. The van der Waals surface area contributed by atoms with E-state index in [2.05, 4.69) is 10.6 Å². The number of piperazine rings is 1. The van der Waals surface area contributed by atoms with Gasteiger partial charge in [0.15, 0.2) is 0 Å². The lowest BCUT2D eigenvalue weighted by atomic mass is 10.1. The molecule has 2 aliphatic heterocycles. The van der Waals surface area contributed by atoms with Crippen LogP contribution in [-0.4, -0.2) is 53.7 Å². The fourth-order valence-electron chi connectivity index (χ4n) is 1.85. The molecule has 72 valence electrons. The normalized spacial score (nSPS) is 32.6. The molecule has 2 amide bonds. The van der Waals surface area contributed by atoms with Gasteiger partial charge in [-0.15, -0.1) is 0 Å². The van der Waals surface area contributed by atoms with Crippen molar-refractivity contribution in [1.29, 1.82) is 0 Å². The van der Waals surface area contributed by atoms with Crippen LogP contribution in [0.25, 0.3) is 0 Å². The summed E-state index contributed by atoms with van der Waals surface area (Å²) in [6.07, 6.45) is 0. The van der Waals surface area contributed by atoms with Gasteiger partial charge in [0.2, 0.25) is 0 Å². The molecule has 0 bridgehead atoms. The Balaban J connectivity index is 2.16. The van der Waals surface area contributed by atoms with Gasteiger partial charge in [0.05, 0.1) is 6.04 Å². The molecular weight excluding hydrogens is 174 g/mol. The second kappa shape index (κ2) is 2.88. The van der Waals surface area contributed by atoms with E-state index in [0.717, 1.165) is 0 Å². The number of carboxylic acid groups (broad SMARTS) is 1. The minimum Gasteiger partial charge on any atom is -0.480 e. The Morgan fingerprint density at radius 1 is 1.62 bits per heavy atom. The highest BCUT2D eigenvalue weighted by Gasteiger charge is 2.42. The van der Waals surface area contributed by atoms with Crippen LogP contribution in [-0.2, 0) is 4.79 Å². The van der Waals surface area contributed by atoms with Gasteiger partial charge in [-0.2, -0.15) is 0 Å². The summed E-state index contributed by atoms with van der Waals surface area (Å²) in [6, 6.07) is -1.02. The zero-order valence-corrected chi connectivity index (χ0v) is 6.99. The number of carbonyl (C=O) groups excluding carboxylic acids is 1. The molecule has 0 radical (unpaired) electrons. The molecule has 0 saturated carbocycles. The van der Waals surface area contributed by atoms with Crippen molar-refractivity contribution in [3.05, 3.63) is 0 Å². The van der Waals surface area contributed by atoms with Gasteiger partial charge in [-0.05, 0) is 0 Å². The molecule has 2 fully saturated rings. The summed E-state index contributed by atoms with van der Waals surface area (Å²) in [5, 5.41) is 14.4. The molecular formula is C7H11N3O3. The van der Waals surface area contributed by atoms with E-state index in [1.165, 1.54) is 0 Å². The SMILES string of the molecule is O=C(O)C1NCCN2C(=O)NCC12. The van der Waals surface area contributed by atoms with E-state index < -0.39 is 12.0 Å². The van der Waals surface area contributed by atoms with Crippen molar-refractivity contribution < 1.29 is 14.7 Å². The number of hydrogen-bond acceptors (Lipinski definition) is 3. The maximum Gasteiger partial charge on any atom is 0.322 e. The summed E-state index contributed by atoms with van der Waals surface area (Å²) in [7, 11) is 0. The number of nitrogens with one attached hydrogen (secondary N) is 2. The van der Waals surface area contributed by atoms with Crippen molar-refractivity contribution >= 4 is 12.0 Å². The maximum atomic E-state index is 11.2. The molecule has 6 heteroatoms. The monoisotopic (exact) mass is 185 g/mol. The van der Waals surface area contributed by atoms with E-state index in [0.29, 0.717) is 19.6 Å². The molecule has 2 aliphatic rings. The van der Waals surface area contributed by atoms with Gasteiger partial charge in [0.1, 0.15) is 6.04 Å². The summed E-state index contributed by atoms with van der Waals surface area (Å²) in [5.41, 5.74) is 0. The molecule has 0 aromatic rings. The topological polar surface area (TPSA) is 81.7 Å². The number of urea groups is 1. The molecule has 0 aromatic carbocycles. The van der Waals surface area contributed by atoms with Crippen molar-refractivity contribution in [2.24, 2.45) is 0 Å². The second-order valence-corrected chi connectivity index (χ2v) is 3.22. The van der Waals surface area contributed by atoms with E-state index in [-0.39, 0.29) is 12.1 Å². The third-order valence-electron chi connectivity index (χ3n) is 2.49. The van der Waals surface area contributed by atoms with Crippen molar-refractivity contribution in [1.82, 2.24) is 15.5 Å². The maximum absolute atomic E-state index is 11.2. The van der Waals surface area contributed by atoms with Crippen LogP contribution in [0.3, 0.4) is 0 Å². The first-order chi connectivity index (χ1) is 6.20. The number of aliphatic carboxylic acids is 1. The van der Waals surface area contributed by atoms with E-state index in [9.17, 15) is 9.59 Å². The van der Waals surface area contributed by atoms with Crippen molar-refractivity contribution in [3.8, 4) is 0 Å². The molecule has 3 N–H and O–H groups in total. The average Bonchev–Trinajstić information content (AvgIpc) is 2.48. The first-order valence-corrected chi connectivity index (χ1v) is 4.21. The molecule has 2 saturated heterocycles. The van der Waals surface area contributed by atoms with Crippen molar-refractivity contribution in [2.75, 3.05) is 19.6 Å². The number of nitrogens with zero attached hydrogens (tertiary/aromatic N) is 1. The molecule has 2 unspecified atom stereocenters. The standard InChI is InChI=1S/C7H11N3O3/c11-6(12)5-4-3-9-7(13)10(4)2-1-8-5/h4-5,8H,1-3H2,(H,9,13)(H,11,12). The lowest BCUT2D eigenvalue weighted by Gasteiger charge is -2.33. The number of hydrogen-bond donors (Lipinski definition) is 3. The van der Waals surface area contributed by atoms with Crippen LogP contribution in [0.4, 0.5) is 4.79 Å². The predicted molar refractivity (Wildman–Crippen MR) is 43.3 cm³/mol.